The Morgan fingerprint density at radius 3 is 2.46 bits per heavy atom. The highest BCUT2D eigenvalue weighted by atomic mass is 16.5. The number of hydrogen-bond acceptors (Lipinski definition) is 8. The highest BCUT2D eigenvalue weighted by Gasteiger charge is 2.23. The predicted molar refractivity (Wildman–Crippen MR) is 135 cm³/mol. The molecule has 0 radical (unpaired) electrons. The third kappa shape index (κ3) is 4.25. The molecule has 9 nitrogen and oxygen atoms in total. The van der Waals surface area contributed by atoms with Gasteiger partial charge in [-0.3, -0.25) is 0 Å². The lowest BCUT2D eigenvalue weighted by molar-refractivity contribution is 0.122. The van der Waals surface area contributed by atoms with Crippen molar-refractivity contribution < 1.29 is 9.26 Å². The van der Waals surface area contributed by atoms with Gasteiger partial charge in [0.15, 0.2) is 22.8 Å². The van der Waals surface area contributed by atoms with Crippen molar-refractivity contribution in [1.82, 2.24) is 24.7 Å². The summed E-state index contributed by atoms with van der Waals surface area (Å²) < 4.78 is 13.2. The molecule has 1 aromatic carbocycles. The molecule has 1 saturated heterocycles. The van der Waals surface area contributed by atoms with Gasteiger partial charge in [-0.05, 0) is 51.0 Å². The van der Waals surface area contributed by atoms with Crippen LogP contribution in [-0.2, 0) is 4.74 Å². The Bertz CT molecular complexity index is 1300. The Morgan fingerprint density at radius 1 is 0.971 bits per heavy atom. The van der Waals surface area contributed by atoms with Crippen molar-refractivity contribution in [3.8, 4) is 11.4 Å². The molecule has 4 aromatic rings. The van der Waals surface area contributed by atoms with Crippen LogP contribution < -0.4 is 10.2 Å². The zero-order chi connectivity index (χ0) is 23.8. The van der Waals surface area contributed by atoms with Gasteiger partial charge in [-0.2, -0.15) is 0 Å². The van der Waals surface area contributed by atoms with Crippen molar-refractivity contribution >= 4 is 28.4 Å². The standard InChI is InChI=1S/C26H31N7O2/c1-17-22(18(2)35-31-17)24-29-25(23-26(30-24)33(16-27-23)21-6-4-3-5-7-21)28-19-8-10-20(11-9-19)32-12-14-34-15-13-32/h8-11,16,21H,3-7,12-15H2,1-2H3,(H,28,29,30). The monoisotopic (exact) mass is 473 g/mol. The van der Waals surface area contributed by atoms with Crippen LogP contribution in [0.2, 0.25) is 0 Å². The maximum atomic E-state index is 5.48. The molecule has 0 unspecified atom stereocenters. The lowest BCUT2D eigenvalue weighted by Crippen LogP contribution is -2.36. The van der Waals surface area contributed by atoms with Gasteiger partial charge in [-0.25, -0.2) is 15.0 Å². The van der Waals surface area contributed by atoms with Crippen LogP contribution in [0, 0.1) is 13.8 Å². The van der Waals surface area contributed by atoms with Crippen LogP contribution in [0.3, 0.4) is 0 Å². The molecule has 1 saturated carbocycles. The molecule has 35 heavy (non-hydrogen) atoms. The molecule has 6 rings (SSSR count). The lowest BCUT2D eigenvalue weighted by atomic mass is 9.95. The van der Waals surface area contributed by atoms with E-state index in [0.717, 1.165) is 67.3 Å². The molecule has 2 fully saturated rings. The van der Waals surface area contributed by atoms with E-state index in [0.29, 0.717) is 23.4 Å². The number of aromatic nitrogens is 5. The van der Waals surface area contributed by atoms with Gasteiger partial charge in [0.05, 0.1) is 30.8 Å². The second-order valence-electron chi connectivity index (χ2n) is 9.48. The van der Waals surface area contributed by atoms with Crippen LogP contribution in [-0.4, -0.2) is 51.0 Å². The highest BCUT2D eigenvalue weighted by molar-refractivity contribution is 5.87. The first-order valence-corrected chi connectivity index (χ1v) is 12.5. The van der Waals surface area contributed by atoms with Gasteiger partial charge in [-0.15, -0.1) is 0 Å². The molecule has 1 N–H and O–H groups in total. The average molecular weight is 474 g/mol. The number of ether oxygens (including phenoxy) is 1. The Labute approximate surface area is 204 Å². The van der Waals surface area contributed by atoms with Crippen molar-refractivity contribution in [3.63, 3.8) is 0 Å². The molecule has 3 aromatic heterocycles. The SMILES string of the molecule is Cc1noc(C)c1-c1nc(Nc2ccc(N3CCOCC3)cc2)c2ncn(C3CCCCC3)c2n1. The number of fused-ring (bicyclic) bond motifs is 1. The van der Waals surface area contributed by atoms with E-state index in [9.17, 15) is 0 Å². The van der Waals surface area contributed by atoms with Crippen LogP contribution >= 0.6 is 0 Å². The summed E-state index contributed by atoms with van der Waals surface area (Å²) in [6, 6.07) is 8.88. The first-order chi connectivity index (χ1) is 17.2. The minimum Gasteiger partial charge on any atom is -0.378 e. The Balaban J connectivity index is 1.39. The fourth-order valence-electron chi connectivity index (χ4n) is 5.26. The van der Waals surface area contributed by atoms with Crippen LogP contribution in [0.25, 0.3) is 22.6 Å². The number of aryl methyl sites for hydroxylation is 2. The van der Waals surface area contributed by atoms with E-state index < -0.39 is 0 Å². The third-order valence-electron chi connectivity index (χ3n) is 7.15. The zero-order valence-electron chi connectivity index (χ0n) is 20.3. The van der Waals surface area contributed by atoms with Gasteiger partial charge in [-0.1, -0.05) is 24.4 Å². The Kier molecular flexibility index (Phi) is 5.85. The molecule has 0 atom stereocenters. The minimum absolute atomic E-state index is 0.418. The molecule has 1 aliphatic heterocycles. The first kappa shape index (κ1) is 22.0. The number of nitrogens with one attached hydrogen (secondary N) is 1. The molecular weight excluding hydrogens is 442 g/mol. The quantitative estimate of drug-likeness (QED) is 0.424. The summed E-state index contributed by atoms with van der Waals surface area (Å²) in [4.78, 5) is 17.0. The van der Waals surface area contributed by atoms with E-state index in [1.54, 1.807) is 0 Å². The van der Waals surface area contributed by atoms with Crippen LogP contribution in [0.4, 0.5) is 17.2 Å². The van der Waals surface area contributed by atoms with E-state index in [1.807, 2.05) is 20.2 Å². The maximum absolute atomic E-state index is 5.48. The molecule has 0 amide bonds. The number of imidazole rings is 1. The van der Waals surface area contributed by atoms with Crippen molar-refractivity contribution in [2.24, 2.45) is 0 Å². The lowest BCUT2D eigenvalue weighted by Gasteiger charge is -2.28. The van der Waals surface area contributed by atoms with Gasteiger partial charge >= 0.3 is 0 Å². The average Bonchev–Trinajstić information content (AvgIpc) is 3.48. The number of hydrogen-bond donors (Lipinski definition) is 1. The van der Waals surface area contributed by atoms with Crippen molar-refractivity contribution in [2.45, 2.75) is 52.0 Å². The number of anilines is 3. The molecule has 1 aliphatic carbocycles. The third-order valence-corrected chi connectivity index (χ3v) is 7.15. The van der Waals surface area contributed by atoms with E-state index in [1.165, 1.54) is 24.9 Å². The van der Waals surface area contributed by atoms with Crippen LogP contribution in [0.15, 0.2) is 35.1 Å². The summed E-state index contributed by atoms with van der Waals surface area (Å²) in [6.07, 6.45) is 8.03. The summed E-state index contributed by atoms with van der Waals surface area (Å²) in [5.74, 6) is 2.02. The first-order valence-electron chi connectivity index (χ1n) is 12.5. The summed E-state index contributed by atoms with van der Waals surface area (Å²) in [5, 5.41) is 7.64. The largest absolute Gasteiger partial charge is 0.378 e. The fourth-order valence-corrected chi connectivity index (χ4v) is 5.26. The molecule has 2 aliphatic rings. The smallest absolute Gasteiger partial charge is 0.169 e. The minimum atomic E-state index is 0.418. The van der Waals surface area contributed by atoms with Gasteiger partial charge in [0.2, 0.25) is 0 Å². The molecular formula is C26H31N7O2. The number of morpholine rings is 1. The van der Waals surface area contributed by atoms with Gasteiger partial charge in [0.25, 0.3) is 0 Å². The van der Waals surface area contributed by atoms with Crippen LogP contribution in [0.1, 0.15) is 49.6 Å². The topological polar surface area (TPSA) is 94.1 Å². The van der Waals surface area contributed by atoms with Crippen molar-refractivity contribution in [2.75, 3.05) is 36.5 Å². The molecule has 9 heteroatoms. The summed E-state index contributed by atoms with van der Waals surface area (Å²) >= 11 is 0. The second kappa shape index (κ2) is 9.30. The Morgan fingerprint density at radius 2 is 1.74 bits per heavy atom. The van der Waals surface area contributed by atoms with Gasteiger partial charge < -0.3 is 24.0 Å². The number of benzene rings is 1. The molecule has 0 bridgehead atoms. The van der Waals surface area contributed by atoms with Crippen molar-refractivity contribution in [1.29, 1.82) is 0 Å². The van der Waals surface area contributed by atoms with Crippen LogP contribution in [0.5, 0.6) is 0 Å². The maximum Gasteiger partial charge on any atom is 0.169 e. The number of rotatable bonds is 5. The van der Waals surface area contributed by atoms with E-state index >= 15 is 0 Å². The predicted octanol–water partition coefficient (Wildman–Crippen LogP) is 5.18. The highest BCUT2D eigenvalue weighted by Crippen LogP contribution is 2.34. The summed E-state index contributed by atoms with van der Waals surface area (Å²) in [5.41, 5.74) is 5.42. The van der Waals surface area contributed by atoms with Gasteiger partial charge in [0, 0.05) is 30.5 Å². The fraction of sp³-hybridized carbons (Fsp3) is 0.462. The molecule has 4 heterocycles. The molecule has 182 valence electrons. The Hall–Kier alpha value is -3.46. The second-order valence-corrected chi connectivity index (χ2v) is 9.48. The molecule has 0 spiro atoms. The zero-order valence-corrected chi connectivity index (χ0v) is 20.3. The van der Waals surface area contributed by atoms with E-state index in [4.69, 9.17) is 24.2 Å². The normalized spacial score (nSPS) is 17.3. The van der Waals surface area contributed by atoms with E-state index in [-0.39, 0.29) is 0 Å². The van der Waals surface area contributed by atoms with Gasteiger partial charge in [0.1, 0.15) is 5.76 Å². The summed E-state index contributed by atoms with van der Waals surface area (Å²) in [6.45, 7) is 7.20. The number of nitrogens with zero attached hydrogens (tertiary/aromatic N) is 6. The summed E-state index contributed by atoms with van der Waals surface area (Å²) in [7, 11) is 0. The van der Waals surface area contributed by atoms with E-state index in [2.05, 4.69) is 44.2 Å². The van der Waals surface area contributed by atoms with Crippen molar-refractivity contribution in [3.05, 3.63) is 42.0 Å².